The summed E-state index contributed by atoms with van der Waals surface area (Å²) in [5.41, 5.74) is 7.70. The molecule has 0 saturated heterocycles. The molecule has 2 N–H and O–H groups in total. The third-order valence-electron chi connectivity index (χ3n) is 2.40. The average molecular weight is 300 g/mol. The van der Waals surface area contributed by atoms with Gasteiger partial charge in [0.25, 0.3) is 0 Å². The fourth-order valence-corrected chi connectivity index (χ4v) is 2.59. The van der Waals surface area contributed by atoms with Gasteiger partial charge in [-0.05, 0) is 40.9 Å². The first-order chi connectivity index (χ1) is 7.66. The molecule has 1 aromatic heterocycles. The summed E-state index contributed by atoms with van der Waals surface area (Å²) in [6.07, 6.45) is 0.669. The van der Waals surface area contributed by atoms with Crippen molar-refractivity contribution < 1.29 is 4.39 Å². The molecule has 1 atom stereocenters. The van der Waals surface area contributed by atoms with Gasteiger partial charge in [0.1, 0.15) is 5.82 Å². The number of benzene rings is 1. The third kappa shape index (κ3) is 2.70. The van der Waals surface area contributed by atoms with E-state index in [9.17, 15) is 4.39 Å². The summed E-state index contributed by atoms with van der Waals surface area (Å²) in [6.45, 7) is 0. The Balaban J connectivity index is 2.17. The maximum Gasteiger partial charge on any atom is 0.129 e. The SMILES string of the molecule is NC(Cc1ccsc1)c1ccc(Br)cc1F. The van der Waals surface area contributed by atoms with Crippen LogP contribution in [0.25, 0.3) is 0 Å². The summed E-state index contributed by atoms with van der Waals surface area (Å²) in [7, 11) is 0. The van der Waals surface area contributed by atoms with Gasteiger partial charge in [-0.25, -0.2) is 4.39 Å². The Morgan fingerprint density at radius 3 is 2.81 bits per heavy atom. The van der Waals surface area contributed by atoms with Gasteiger partial charge in [0.05, 0.1) is 0 Å². The van der Waals surface area contributed by atoms with Crippen molar-refractivity contribution in [1.29, 1.82) is 0 Å². The van der Waals surface area contributed by atoms with Crippen LogP contribution < -0.4 is 5.73 Å². The Hall–Kier alpha value is -0.710. The summed E-state index contributed by atoms with van der Waals surface area (Å²) >= 11 is 4.85. The maximum atomic E-state index is 13.6. The first kappa shape index (κ1) is 11.8. The molecule has 1 nitrogen and oxygen atoms in total. The van der Waals surface area contributed by atoms with Crippen LogP contribution in [-0.4, -0.2) is 0 Å². The van der Waals surface area contributed by atoms with Crippen LogP contribution in [0.2, 0.25) is 0 Å². The van der Waals surface area contributed by atoms with Crippen molar-refractivity contribution in [2.45, 2.75) is 12.5 Å². The Bertz CT molecular complexity index is 470. The molecular weight excluding hydrogens is 289 g/mol. The number of halogens is 2. The zero-order valence-corrected chi connectivity index (χ0v) is 10.9. The quantitative estimate of drug-likeness (QED) is 0.914. The van der Waals surface area contributed by atoms with Gasteiger partial charge in [0, 0.05) is 16.1 Å². The Kier molecular flexibility index (Phi) is 3.74. The van der Waals surface area contributed by atoms with Crippen LogP contribution in [0.1, 0.15) is 17.2 Å². The molecule has 16 heavy (non-hydrogen) atoms. The summed E-state index contributed by atoms with van der Waals surface area (Å²) in [5.74, 6) is -0.253. The molecule has 1 unspecified atom stereocenters. The predicted molar refractivity (Wildman–Crippen MR) is 69.1 cm³/mol. The van der Waals surface area contributed by atoms with Crippen molar-refractivity contribution in [3.05, 3.63) is 56.4 Å². The van der Waals surface area contributed by atoms with Crippen LogP contribution in [0.3, 0.4) is 0 Å². The van der Waals surface area contributed by atoms with E-state index in [1.165, 1.54) is 6.07 Å². The largest absolute Gasteiger partial charge is 0.324 e. The Morgan fingerprint density at radius 2 is 2.19 bits per heavy atom. The van der Waals surface area contributed by atoms with E-state index in [1.807, 2.05) is 22.9 Å². The van der Waals surface area contributed by atoms with Gasteiger partial charge in [-0.2, -0.15) is 11.3 Å². The van der Waals surface area contributed by atoms with Gasteiger partial charge >= 0.3 is 0 Å². The molecule has 0 aliphatic rings. The van der Waals surface area contributed by atoms with Crippen LogP contribution in [0.5, 0.6) is 0 Å². The van der Waals surface area contributed by atoms with E-state index < -0.39 is 0 Å². The normalized spacial score (nSPS) is 12.7. The molecule has 84 valence electrons. The van der Waals surface area contributed by atoms with Gasteiger partial charge < -0.3 is 5.73 Å². The number of hydrogen-bond acceptors (Lipinski definition) is 2. The fourth-order valence-electron chi connectivity index (χ4n) is 1.57. The zero-order chi connectivity index (χ0) is 11.5. The molecule has 0 bridgehead atoms. The van der Waals surface area contributed by atoms with Crippen molar-refractivity contribution in [2.24, 2.45) is 5.73 Å². The van der Waals surface area contributed by atoms with Crippen molar-refractivity contribution in [1.82, 2.24) is 0 Å². The van der Waals surface area contributed by atoms with Gasteiger partial charge in [0.2, 0.25) is 0 Å². The van der Waals surface area contributed by atoms with Crippen LogP contribution in [-0.2, 0) is 6.42 Å². The minimum absolute atomic E-state index is 0.253. The highest BCUT2D eigenvalue weighted by Gasteiger charge is 2.12. The molecule has 4 heteroatoms. The van der Waals surface area contributed by atoms with E-state index in [4.69, 9.17) is 5.73 Å². The van der Waals surface area contributed by atoms with Crippen molar-refractivity contribution in [3.8, 4) is 0 Å². The van der Waals surface area contributed by atoms with E-state index in [0.717, 1.165) is 10.0 Å². The summed E-state index contributed by atoms with van der Waals surface area (Å²) < 4.78 is 14.4. The lowest BCUT2D eigenvalue weighted by molar-refractivity contribution is 0.580. The van der Waals surface area contributed by atoms with E-state index in [-0.39, 0.29) is 11.9 Å². The van der Waals surface area contributed by atoms with Crippen molar-refractivity contribution >= 4 is 27.3 Å². The lowest BCUT2D eigenvalue weighted by Crippen LogP contribution is -2.14. The molecule has 0 saturated carbocycles. The van der Waals surface area contributed by atoms with Crippen LogP contribution in [0, 0.1) is 5.82 Å². The smallest absolute Gasteiger partial charge is 0.129 e. The van der Waals surface area contributed by atoms with Crippen LogP contribution in [0.15, 0.2) is 39.5 Å². The number of hydrogen-bond donors (Lipinski definition) is 1. The molecule has 0 aliphatic heterocycles. The highest BCUT2D eigenvalue weighted by molar-refractivity contribution is 9.10. The molecular formula is C12H11BrFNS. The van der Waals surface area contributed by atoms with Crippen LogP contribution >= 0.6 is 27.3 Å². The molecule has 1 aromatic carbocycles. The topological polar surface area (TPSA) is 26.0 Å². The van der Waals surface area contributed by atoms with E-state index >= 15 is 0 Å². The average Bonchev–Trinajstić information content (AvgIpc) is 2.70. The molecule has 0 radical (unpaired) electrons. The predicted octanol–water partition coefficient (Wildman–Crippen LogP) is 3.89. The lowest BCUT2D eigenvalue weighted by Gasteiger charge is -2.12. The summed E-state index contributed by atoms with van der Waals surface area (Å²) in [4.78, 5) is 0. The summed E-state index contributed by atoms with van der Waals surface area (Å²) in [6, 6.07) is 6.72. The van der Waals surface area contributed by atoms with Gasteiger partial charge in [-0.15, -0.1) is 0 Å². The first-order valence-electron chi connectivity index (χ1n) is 4.88. The fraction of sp³-hybridized carbons (Fsp3) is 0.167. The highest BCUT2D eigenvalue weighted by Crippen LogP contribution is 2.23. The lowest BCUT2D eigenvalue weighted by atomic mass is 10.0. The second kappa shape index (κ2) is 5.08. The van der Waals surface area contributed by atoms with E-state index in [0.29, 0.717) is 12.0 Å². The molecule has 1 heterocycles. The third-order valence-corrected chi connectivity index (χ3v) is 3.62. The molecule has 0 amide bonds. The van der Waals surface area contributed by atoms with Gasteiger partial charge in [0.15, 0.2) is 0 Å². The monoisotopic (exact) mass is 299 g/mol. The second-order valence-electron chi connectivity index (χ2n) is 3.61. The highest BCUT2D eigenvalue weighted by atomic mass is 79.9. The minimum atomic E-state index is -0.289. The number of nitrogens with two attached hydrogens (primary N) is 1. The molecule has 0 aliphatic carbocycles. The summed E-state index contributed by atoms with van der Waals surface area (Å²) in [5, 5.41) is 4.04. The number of thiophene rings is 1. The van der Waals surface area contributed by atoms with Crippen LogP contribution in [0.4, 0.5) is 4.39 Å². The second-order valence-corrected chi connectivity index (χ2v) is 5.30. The Morgan fingerprint density at radius 1 is 1.38 bits per heavy atom. The molecule has 0 fully saturated rings. The van der Waals surface area contributed by atoms with Gasteiger partial charge in [-0.1, -0.05) is 22.0 Å². The van der Waals surface area contributed by atoms with E-state index in [1.54, 1.807) is 17.4 Å². The maximum absolute atomic E-state index is 13.6. The van der Waals surface area contributed by atoms with Crippen molar-refractivity contribution in [2.75, 3.05) is 0 Å². The Labute approximate surface area is 106 Å². The van der Waals surface area contributed by atoms with Crippen molar-refractivity contribution in [3.63, 3.8) is 0 Å². The molecule has 2 rings (SSSR count). The zero-order valence-electron chi connectivity index (χ0n) is 8.49. The minimum Gasteiger partial charge on any atom is -0.324 e. The molecule has 2 aromatic rings. The number of rotatable bonds is 3. The van der Waals surface area contributed by atoms with Gasteiger partial charge in [-0.3, -0.25) is 0 Å². The molecule has 0 spiro atoms. The standard InChI is InChI=1S/C12H11BrFNS/c13-9-1-2-10(11(14)6-9)12(15)5-8-3-4-16-7-8/h1-4,6-7,12H,5,15H2. The first-order valence-corrected chi connectivity index (χ1v) is 6.62. The van der Waals surface area contributed by atoms with E-state index in [2.05, 4.69) is 15.9 Å².